The molecule has 0 aromatic heterocycles. The Morgan fingerprint density at radius 3 is 2.40 bits per heavy atom. The van der Waals surface area contributed by atoms with Gasteiger partial charge in [0.25, 0.3) is 11.6 Å². The average Bonchev–Trinajstić information content (AvgIpc) is 2.65. The fraction of sp³-hybridized carbons (Fsp3) is 0.526. The molecule has 2 fully saturated rings. The third-order valence-corrected chi connectivity index (χ3v) is 5.52. The van der Waals surface area contributed by atoms with Crippen molar-refractivity contribution in [3.8, 4) is 0 Å². The van der Waals surface area contributed by atoms with Crippen LogP contribution in [0, 0.1) is 27.9 Å². The summed E-state index contributed by atoms with van der Waals surface area (Å²) in [5.74, 6) is -2.38. The number of nitro groups is 1. The number of halogens is 3. The molecule has 1 amide bonds. The Morgan fingerprint density at radius 2 is 1.83 bits per heavy atom. The van der Waals surface area contributed by atoms with Gasteiger partial charge >= 0.3 is 12.1 Å². The summed E-state index contributed by atoms with van der Waals surface area (Å²) in [6, 6.07) is 1.92. The Kier molecular flexibility index (Phi) is 6.09. The summed E-state index contributed by atoms with van der Waals surface area (Å²) in [6.45, 7) is -0.799. The number of esters is 1. The Bertz CT molecular complexity index is 870. The number of anilines is 1. The Labute approximate surface area is 168 Å². The molecule has 162 valence electrons. The van der Waals surface area contributed by atoms with Crippen molar-refractivity contribution in [3.63, 3.8) is 0 Å². The molecule has 3 rings (SSSR count). The summed E-state index contributed by atoms with van der Waals surface area (Å²) in [5.41, 5.74) is -2.83. The quantitative estimate of drug-likeness (QED) is 0.436. The molecule has 8 nitrogen and oxygen atoms in total. The molecule has 1 aromatic carbocycles. The lowest BCUT2D eigenvalue weighted by molar-refractivity contribution is -0.385. The summed E-state index contributed by atoms with van der Waals surface area (Å²) < 4.78 is 44.4. The monoisotopic (exact) mass is 428 g/mol. The fourth-order valence-electron chi connectivity index (χ4n) is 4.10. The number of ketones is 1. The van der Waals surface area contributed by atoms with Crippen LogP contribution in [-0.4, -0.2) is 29.2 Å². The lowest BCUT2D eigenvalue weighted by atomic mass is 9.67. The molecule has 2 aliphatic carbocycles. The van der Waals surface area contributed by atoms with Gasteiger partial charge in [-0.3, -0.25) is 24.5 Å². The number of rotatable bonds is 5. The van der Waals surface area contributed by atoms with Gasteiger partial charge in [-0.05, 0) is 31.7 Å². The number of alkyl halides is 3. The van der Waals surface area contributed by atoms with E-state index in [2.05, 4.69) is 0 Å². The molecule has 1 aromatic rings. The number of hydrogen-bond donors (Lipinski definition) is 1. The van der Waals surface area contributed by atoms with Crippen molar-refractivity contribution in [1.29, 1.82) is 0 Å². The molecule has 2 saturated carbocycles. The number of Topliss-reactive ketones (excluding diaryl/α,β-unsaturated/α-hetero) is 1. The van der Waals surface area contributed by atoms with E-state index in [-0.39, 0.29) is 17.6 Å². The second-order valence-corrected chi connectivity index (χ2v) is 7.54. The number of benzene rings is 1. The molecular formula is C19H19F3N2O6. The van der Waals surface area contributed by atoms with Crippen molar-refractivity contribution >= 4 is 29.0 Å². The summed E-state index contributed by atoms with van der Waals surface area (Å²) in [5, 5.41) is 12.7. The summed E-state index contributed by atoms with van der Waals surface area (Å²) in [7, 11) is 0. The number of ether oxygens (including phenoxy) is 1. The van der Waals surface area contributed by atoms with Crippen LogP contribution in [0.1, 0.15) is 37.7 Å². The van der Waals surface area contributed by atoms with Crippen molar-refractivity contribution in [2.24, 2.45) is 17.8 Å². The van der Waals surface area contributed by atoms with E-state index in [1.54, 1.807) is 0 Å². The minimum Gasteiger partial charge on any atom is -0.455 e. The molecular weight excluding hydrogens is 409 g/mol. The predicted molar refractivity (Wildman–Crippen MR) is 96.2 cm³/mol. The van der Waals surface area contributed by atoms with E-state index >= 15 is 0 Å². The van der Waals surface area contributed by atoms with Gasteiger partial charge in [-0.1, -0.05) is 6.42 Å². The van der Waals surface area contributed by atoms with E-state index in [0.717, 1.165) is 31.4 Å². The van der Waals surface area contributed by atoms with Crippen molar-refractivity contribution < 1.29 is 37.2 Å². The summed E-state index contributed by atoms with van der Waals surface area (Å²) in [6.07, 6.45) is -1.84. The topological polar surface area (TPSA) is 116 Å². The second-order valence-electron chi connectivity index (χ2n) is 7.54. The van der Waals surface area contributed by atoms with Gasteiger partial charge in [-0.15, -0.1) is 0 Å². The average molecular weight is 428 g/mol. The van der Waals surface area contributed by atoms with Crippen LogP contribution in [0.15, 0.2) is 18.2 Å². The van der Waals surface area contributed by atoms with Crippen molar-refractivity contribution in [3.05, 3.63) is 33.9 Å². The maximum atomic E-state index is 13.2. The molecule has 0 saturated heterocycles. The van der Waals surface area contributed by atoms with E-state index in [9.17, 15) is 37.7 Å². The van der Waals surface area contributed by atoms with Gasteiger partial charge < -0.3 is 10.1 Å². The highest BCUT2D eigenvalue weighted by atomic mass is 19.4. The van der Waals surface area contributed by atoms with E-state index in [1.165, 1.54) is 0 Å². The zero-order valence-corrected chi connectivity index (χ0v) is 15.7. The number of nitrogens with zero attached hydrogens (tertiary/aromatic N) is 1. The predicted octanol–water partition coefficient (Wildman–Crippen LogP) is 3.49. The van der Waals surface area contributed by atoms with Gasteiger partial charge in [0, 0.05) is 24.0 Å². The molecule has 0 unspecified atom stereocenters. The first-order valence-corrected chi connectivity index (χ1v) is 9.42. The smallest absolute Gasteiger partial charge is 0.418 e. The molecule has 2 aliphatic rings. The summed E-state index contributed by atoms with van der Waals surface area (Å²) in [4.78, 5) is 46.1. The zero-order chi connectivity index (χ0) is 22.1. The highest BCUT2D eigenvalue weighted by molar-refractivity contribution is 5.94. The fourth-order valence-corrected chi connectivity index (χ4v) is 4.10. The molecule has 0 radical (unpaired) electrons. The zero-order valence-electron chi connectivity index (χ0n) is 15.7. The maximum absolute atomic E-state index is 13.2. The molecule has 30 heavy (non-hydrogen) atoms. The molecule has 0 heterocycles. The van der Waals surface area contributed by atoms with Crippen molar-refractivity contribution in [2.45, 2.75) is 38.3 Å². The highest BCUT2D eigenvalue weighted by Crippen LogP contribution is 2.40. The third-order valence-electron chi connectivity index (χ3n) is 5.52. The number of nitrogens with one attached hydrogen (secondary N) is 1. The van der Waals surface area contributed by atoms with Crippen molar-refractivity contribution in [1.82, 2.24) is 0 Å². The molecule has 0 aliphatic heterocycles. The second kappa shape index (κ2) is 8.41. The number of nitro benzene ring substituents is 1. The van der Waals surface area contributed by atoms with Crippen LogP contribution >= 0.6 is 0 Å². The molecule has 1 N–H and O–H groups in total. The third kappa shape index (κ3) is 4.77. The van der Waals surface area contributed by atoms with Crippen molar-refractivity contribution in [2.75, 3.05) is 11.9 Å². The number of carbonyl (C=O) groups is 3. The van der Waals surface area contributed by atoms with Gasteiger partial charge in [0.15, 0.2) is 6.61 Å². The van der Waals surface area contributed by atoms with Crippen LogP contribution in [0.2, 0.25) is 0 Å². The van der Waals surface area contributed by atoms with Crippen LogP contribution in [-0.2, 0) is 25.3 Å². The van der Waals surface area contributed by atoms with Gasteiger partial charge in [-0.2, -0.15) is 13.2 Å². The molecule has 11 heteroatoms. The number of carbonyl (C=O) groups excluding carboxylic acids is 3. The lowest BCUT2D eigenvalue weighted by Gasteiger charge is -2.36. The van der Waals surface area contributed by atoms with Gasteiger partial charge in [0.1, 0.15) is 5.78 Å². The minimum absolute atomic E-state index is 0.167. The van der Waals surface area contributed by atoms with Gasteiger partial charge in [0.05, 0.1) is 22.1 Å². The SMILES string of the molecule is O=C(COC(=O)C1C[C@H]2CCC[C@H](C1)C2=O)Nc1ccc([N+](=O)[O-])cc1C(F)(F)F. The first-order valence-electron chi connectivity index (χ1n) is 9.42. The number of amides is 1. The number of non-ortho nitro benzene ring substituents is 1. The molecule has 2 bridgehead atoms. The normalized spacial score (nSPS) is 23.6. The standard InChI is InChI=1S/C19H19F3N2O6/c20-19(21,22)14-8-13(24(28)29)4-5-15(14)23-16(25)9-30-18(27)12-6-10-2-1-3-11(7-12)17(10)26/h4-5,8,10-12H,1-3,6-7,9H2,(H,23,25)/t10-,11-/m1/s1. The molecule has 0 spiro atoms. The largest absolute Gasteiger partial charge is 0.455 e. The number of fused-ring (bicyclic) bond motifs is 2. The van der Waals surface area contributed by atoms with Gasteiger partial charge in [0.2, 0.25) is 0 Å². The van der Waals surface area contributed by atoms with E-state index in [0.29, 0.717) is 18.9 Å². The minimum atomic E-state index is -4.93. The highest BCUT2D eigenvalue weighted by Gasteiger charge is 2.42. The Balaban J connectivity index is 1.60. The maximum Gasteiger partial charge on any atom is 0.418 e. The first-order chi connectivity index (χ1) is 14.1. The summed E-state index contributed by atoms with van der Waals surface area (Å²) >= 11 is 0. The van der Waals surface area contributed by atoms with Crippen LogP contribution in [0.4, 0.5) is 24.5 Å². The first kappa shape index (κ1) is 21.7. The van der Waals surface area contributed by atoms with Crippen LogP contribution in [0.25, 0.3) is 0 Å². The van der Waals surface area contributed by atoms with E-state index in [1.807, 2.05) is 5.32 Å². The van der Waals surface area contributed by atoms with E-state index < -0.39 is 52.4 Å². The number of hydrogen-bond acceptors (Lipinski definition) is 6. The van der Waals surface area contributed by atoms with Gasteiger partial charge in [-0.25, -0.2) is 0 Å². The Hall–Kier alpha value is -2.98. The lowest BCUT2D eigenvalue weighted by Crippen LogP contribution is -2.40. The Morgan fingerprint density at radius 1 is 1.20 bits per heavy atom. The van der Waals surface area contributed by atoms with Crippen LogP contribution in [0.5, 0.6) is 0 Å². The van der Waals surface area contributed by atoms with Crippen LogP contribution < -0.4 is 5.32 Å². The molecule has 2 atom stereocenters. The van der Waals surface area contributed by atoms with E-state index in [4.69, 9.17) is 4.74 Å². The van der Waals surface area contributed by atoms with Crippen LogP contribution in [0.3, 0.4) is 0 Å².